The quantitative estimate of drug-likeness (QED) is 0.476. The van der Waals surface area contributed by atoms with Crippen LogP contribution in [0.2, 0.25) is 0 Å². The number of nitro groups is 1. The van der Waals surface area contributed by atoms with E-state index in [0.717, 1.165) is 0 Å². The Morgan fingerprint density at radius 3 is 3.00 bits per heavy atom. The van der Waals surface area contributed by atoms with Gasteiger partial charge in [0.2, 0.25) is 0 Å². The average Bonchev–Trinajstić information content (AvgIpc) is 2.32. The van der Waals surface area contributed by atoms with Crippen LogP contribution in [0.25, 0.3) is 0 Å². The first kappa shape index (κ1) is 8.20. The number of hydrogen-bond donors (Lipinski definition) is 0. The summed E-state index contributed by atoms with van der Waals surface area (Å²) in [5.41, 5.74) is 0.468. The zero-order valence-electron chi connectivity index (χ0n) is 6.39. The molecule has 0 aliphatic heterocycles. The van der Waals surface area contributed by atoms with Gasteiger partial charge in [0, 0.05) is 0 Å². The summed E-state index contributed by atoms with van der Waals surface area (Å²) >= 11 is 0. The molecule has 62 valence electrons. The Balaban J connectivity index is 3.02. The molecule has 0 bridgehead atoms. The smallest absolute Gasteiger partial charge is 0.358 e. The number of hydrogen-bond acceptors (Lipinski definition) is 4. The molecular formula is C6H6N4O2. The van der Waals surface area contributed by atoms with E-state index >= 15 is 0 Å². The van der Waals surface area contributed by atoms with Crippen LogP contribution in [-0.2, 0) is 6.54 Å². The maximum Gasteiger partial charge on any atom is 0.392 e. The van der Waals surface area contributed by atoms with E-state index in [0.29, 0.717) is 5.56 Å². The molecule has 0 saturated heterocycles. The van der Waals surface area contributed by atoms with Gasteiger partial charge in [-0.25, -0.2) is 0 Å². The molecule has 6 nitrogen and oxygen atoms in total. The molecule has 0 amide bonds. The summed E-state index contributed by atoms with van der Waals surface area (Å²) < 4.78 is 1.24. The number of aryl methyl sites for hydroxylation is 1. The van der Waals surface area contributed by atoms with Crippen molar-refractivity contribution in [2.24, 2.45) is 0 Å². The van der Waals surface area contributed by atoms with Crippen LogP contribution in [0.15, 0.2) is 6.20 Å². The molecule has 0 aliphatic rings. The number of rotatable bonds is 2. The fraction of sp³-hybridized carbons (Fsp3) is 0.333. The van der Waals surface area contributed by atoms with Crippen molar-refractivity contribution in [1.82, 2.24) is 9.78 Å². The zero-order valence-corrected chi connectivity index (χ0v) is 6.39. The van der Waals surface area contributed by atoms with Gasteiger partial charge in [-0.15, -0.1) is 0 Å². The second-order valence-corrected chi connectivity index (χ2v) is 2.25. The summed E-state index contributed by atoms with van der Waals surface area (Å²) in [6.45, 7) is 1.62. The Kier molecular flexibility index (Phi) is 2.05. The fourth-order valence-electron chi connectivity index (χ4n) is 0.845. The van der Waals surface area contributed by atoms with Gasteiger partial charge >= 0.3 is 5.82 Å². The molecule has 0 aromatic carbocycles. The number of nitriles is 1. The predicted octanol–water partition coefficient (Wildman–Crippen LogP) is 0.623. The van der Waals surface area contributed by atoms with Crippen molar-refractivity contribution >= 4 is 5.82 Å². The second-order valence-electron chi connectivity index (χ2n) is 2.25. The maximum absolute atomic E-state index is 10.3. The number of nitrogens with zero attached hydrogens (tertiary/aromatic N) is 4. The minimum absolute atomic E-state index is 0.0364. The molecule has 1 heterocycles. The van der Waals surface area contributed by atoms with E-state index in [1.165, 1.54) is 10.9 Å². The van der Waals surface area contributed by atoms with Gasteiger partial charge in [-0.05, 0) is 11.8 Å². The third-order valence-corrected chi connectivity index (χ3v) is 1.32. The predicted molar refractivity (Wildman–Crippen MR) is 39.2 cm³/mol. The Hall–Kier alpha value is -1.90. The van der Waals surface area contributed by atoms with Crippen molar-refractivity contribution < 1.29 is 4.92 Å². The summed E-state index contributed by atoms with van der Waals surface area (Å²) in [7, 11) is 0. The fourth-order valence-corrected chi connectivity index (χ4v) is 0.845. The third kappa shape index (κ3) is 1.40. The van der Waals surface area contributed by atoms with Crippen LogP contribution in [0.3, 0.4) is 0 Å². The molecule has 6 heteroatoms. The first-order chi connectivity index (χ1) is 5.65. The van der Waals surface area contributed by atoms with Crippen molar-refractivity contribution in [3.63, 3.8) is 0 Å². The van der Waals surface area contributed by atoms with Crippen LogP contribution in [0.4, 0.5) is 5.82 Å². The molecule has 0 fully saturated rings. The lowest BCUT2D eigenvalue weighted by molar-refractivity contribution is -0.390. The van der Waals surface area contributed by atoms with Gasteiger partial charge in [-0.3, -0.25) is 0 Å². The molecule has 0 saturated carbocycles. The van der Waals surface area contributed by atoms with Crippen LogP contribution >= 0.6 is 0 Å². The summed E-state index contributed by atoms with van der Waals surface area (Å²) in [6.07, 6.45) is 1.47. The molecule has 0 spiro atoms. The van der Waals surface area contributed by atoms with Gasteiger partial charge < -0.3 is 10.1 Å². The SMILES string of the molecule is Cc1cn(CC#N)nc1[N+](=O)[O-]. The molecule has 1 rings (SSSR count). The van der Waals surface area contributed by atoms with Crippen molar-refractivity contribution in [2.75, 3.05) is 0 Å². The highest BCUT2D eigenvalue weighted by Gasteiger charge is 2.16. The molecular weight excluding hydrogens is 160 g/mol. The highest BCUT2D eigenvalue weighted by molar-refractivity contribution is 5.28. The van der Waals surface area contributed by atoms with Crippen molar-refractivity contribution in [1.29, 1.82) is 5.26 Å². The van der Waals surface area contributed by atoms with E-state index in [1.807, 2.05) is 6.07 Å². The van der Waals surface area contributed by atoms with E-state index in [1.54, 1.807) is 6.92 Å². The monoisotopic (exact) mass is 166 g/mol. The van der Waals surface area contributed by atoms with Gasteiger partial charge in [0.25, 0.3) is 0 Å². The summed E-state index contributed by atoms with van der Waals surface area (Å²) in [6, 6.07) is 1.84. The Morgan fingerprint density at radius 2 is 2.58 bits per heavy atom. The molecule has 0 N–H and O–H groups in total. The van der Waals surface area contributed by atoms with Crippen LogP contribution in [0.5, 0.6) is 0 Å². The molecule has 0 aliphatic carbocycles. The standard InChI is InChI=1S/C6H6N4O2/c1-5-4-9(3-2-7)8-6(5)10(11)12/h4H,3H2,1H3. The summed E-state index contributed by atoms with van der Waals surface area (Å²) in [4.78, 5) is 9.72. The zero-order chi connectivity index (χ0) is 9.14. The average molecular weight is 166 g/mol. The molecule has 0 unspecified atom stereocenters. The van der Waals surface area contributed by atoms with Gasteiger partial charge in [-0.1, -0.05) is 0 Å². The van der Waals surface area contributed by atoms with Crippen molar-refractivity contribution in [3.8, 4) is 6.07 Å². The highest BCUT2D eigenvalue weighted by atomic mass is 16.6. The topological polar surface area (TPSA) is 84.8 Å². The van der Waals surface area contributed by atoms with E-state index in [2.05, 4.69) is 5.10 Å². The molecule has 0 atom stereocenters. The summed E-state index contributed by atoms with van der Waals surface area (Å²) in [5, 5.41) is 22.2. The lowest BCUT2D eigenvalue weighted by Gasteiger charge is -1.85. The van der Waals surface area contributed by atoms with Gasteiger partial charge in [0.05, 0.1) is 22.9 Å². The minimum atomic E-state index is -0.566. The normalized spacial score (nSPS) is 9.33. The van der Waals surface area contributed by atoms with Crippen LogP contribution in [0, 0.1) is 28.4 Å². The van der Waals surface area contributed by atoms with Crippen molar-refractivity contribution in [3.05, 3.63) is 21.9 Å². The van der Waals surface area contributed by atoms with Gasteiger partial charge in [0.15, 0.2) is 0 Å². The molecule has 0 radical (unpaired) electrons. The van der Waals surface area contributed by atoms with E-state index in [-0.39, 0.29) is 12.4 Å². The van der Waals surface area contributed by atoms with Crippen molar-refractivity contribution in [2.45, 2.75) is 13.5 Å². The number of aromatic nitrogens is 2. The van der Waals surface area contributed by atoms with E-state index in [9.17, 15) is 10.1 Å². The first-order valence-electron chi connectivity index (χ1n) is 3.20. The van der Waals surface area contributed by atoms with E-state index < -0.39 is 4.92 Å². The Bertz CT molecular complexity index is 349. The third-order valence-electron chi connectivity index (χ3n) is 1.32. The lowest BCUT2D eigenvalue weighted by atomic mass is 10.4. The molecule has 12 heavy (non-hydrogen) atoms. The summed E-state index contributed by atoms with van der Waals surface area (Å²) in [5.74, 6) is -0.190. The maximum atomic E-state index is 10.3. The largest absolute Gasteiger partial charge is 0.392 e. The molecule has 1 aromatic heterocycles. The van der Waals surface area contributed by atoms with Crippen LogP contribution < -0.4 is 0 Å². The Labute approximate surface area is 68.2 Å². The van der Waals surface area contributed by atoms with Crippen LogP contribution in [-0.4, -0.2) is 14.7 Å². The van der Waals surface area contributed by atoms with Gasteiger partial charge in [0.1, 0.15) is 6.54 Å². The Morgan fingerprint density at radius 1 is 1.92 bits per heavy atom. The first-order valence-corrected chi connectivity index (χ1v) is 3.20. The van der Waals surface area contributed by atoms with E-state index in [4.69, 9.17) is 5.26 Å². The lowest BCUT2D eigenvalue weighted by Crippen LogP contribution is -1.97. The molecule has 1 aromatic rings. The van der Waals surface area contributed by atoms with Gasteiger partial charge in [-0.2, -0.15) is 9.94 Å². The van der Waals surface area contributed by atoms with Crippen LogP contribution in [0.1, 0.15) is 5.56 Å². The minimum Gasteiger partial charge on any atom is -0.358 e. The second kappa shape index (κ2) is 3.00. The highest BCUT2D eigenvalue weighted by Crippen LogP contribution is 2.13.